The molecule has 1 saturated carbocycles. The first-order valence-corrected chi connectivity index (χ1v) is 9.15. The number of rotatable bonds is 7. The van der Waals surface area contributed by atoms with Gasteiger partial charge in [0.15, 0.2) is 9.84 Å². The zero-order chi connectivity index (χ0) is 14.8. The zero-order valence-corrected chi connectivity index (χ0v) is 13.4. The summed E-state index contributed by atoms with van der Waals surface area (Å²) in [6, 6.07) is 7.46. The maximum absolute atomic E-state index is 12.5. The summed E-state index contributed by atoms with van der Waals surface area (Å²) < 4.78 is 25.0. The summed E-state index contributed by atoms with van der Waals surface area (Å²) in [5.41, 5.74) is 1.18. The molecule has 1 unspecified atom stereocenters. The van der Waals surface area contributed by atoms with E-state index in [4.69, 9.17) is 0 Å². The van der Waals surface area contributed by atoms with Gasteiger partial charge in [0.1, 0.15) is 0 Å². The lowest BCUT2D eigenvalue weighted by Crippen LogP contribution is -2.37. The Morgan fingerprint density at radius 3 is 2.25 bits per heavy atom. The fraction of sp³-hybridized carbons (Fsp3) is 0.625. The van der Waals surface area contributed by atoms with E-state index in [0.717, 1.165) is 19.4 Å². The van der Waals surface area contributed by atoms with Crippen molar-refractivity contribution in [2.75, 3.05) is 12.3 Å². The fourth-order valence-corrected chi connectivity index (χ4v) is 4.12. The van der Waals surface area contributed by atoms with Crippen molar-refractivity contribution in [3.63, 3.8) is 0 Å². The second kappa shape index (κ2) is 6.27. The van der Waals surface area contributed by atoms with Gasteiger partial charge in [-0.05, 0) is 48.9 Å². The van der Waals surface area contributed by atoms with E-state index < -0.39 is 9.84 Å². The average Bonchev–Trinajstić information content (AvgIpc) is 3.22. The van der Waals surface area contributed by atoms with Crippen LogP contribution >= 0.6 is 0 Å². The molecule has 1 aliphatic carbocycles. The van der Waals surface area contributed by atoms with Crippen molar-refractivity contribution in [2.45, 2.75) is 50.5 Å². The van der Waals surface area contributed by atoms with Crippen LogP contribution in [0.4, 0.5) is 0 Å². The highest BCUT2D eigenvalue weighted by Crippen LogP contribution is 2.34. The van der Waals surface area contributed by atoms with Gasteiger partial charge in [-0.15, -0.1) is 0 Å². The Hall–Kier alpha value is -0.870. The van der Waals surface area contributed by atoms with E-state index in [1.54, 1.807) is 12.1 Å². The molecule has 1 aromatic carbocycles. The van der Waals surface area contributed by atoms with Gasteiger partial charge in [-0.1, -0.05) is 32.9 Å². The molecule has 1 aliphatic rings. The molecule has 0 heterocycles. The number of sulfone groups is 1. The van der Waals surface area contributed by atoms with E-state index in [1.807, 2.05) is 19.1 Å². The Morgan fingerprint density at radius 2 is 1.80 bits per heavy atom. The summed E-state index contributed by atoms with van der Waals surface area (Å²) >= 11 is 0. The quantitative estimate of drug-likeness (QED) is 0.841. The number of nitrogens with one attached hydrogen (secondary N) is 1. The van der Waals surface area contributed by atoms with Crippen LogP contribution in [0.5, 0.6) is 0 Å². The Kier molecular flexibility index (Phi) is 4.86. The van der Waals surface area contributed by atoms with Crippen molar-refractivity contribution in [1.29, 1.82) is 0 Å². The van der Waals surface area contributed by atoms with Crippen molar-refractivity contribution in [3.8, 4) is 0 Å². The van der Waals surface area contributed by atoms with Crippen molar-refractivity contribution in [2.24, 2.45) is 5.92 Å². The molecule has 3 nitrogen and oxygen atoms in total. The minimum absolute atomic E-state index is 0.106. The van der Waals surface area contributed by atoms with Gasteiger partial charge in [-0.3, -0.25) is 0 Å². The molecular formula is C16H25NO2S. The van der Waals surface area contributed by atoms with Crippen LogP contribution in [-0.2, 0) is 9.84 Å². The van der Waals surface area contributed by atoms with Crippen LogP contribution in [0.2, 0.25) is 0 Å². The van der Waals surface area contributed by atoms with Gasteiger partial charge in [0.2, 0.25) is 0 Å². The van der Waals surface area contributed by atoms with Crippen LogP contribution in [0.15, 0.2) is 29.2 Å². The molecule has 1 atom stereocenters. The molecule has 112 valence electrons. The van der Waals surface area contributed by atoms with Gasteiger partial charge in [0.05, 0.1) is 10.6 Å². The molecule has 1 aromatic rings. The normalized spacial score (nSPS) is 17.4. The average molecular weight is 295 g/mol. The molecule has 0 aliphatic heterocycles. The molecule has 4 heteroatoms. The second-order valence-electron chi connectivity index (χ2n) is 6.01. The summed E-state index contributed by atoms with van der Waals surface area (Å²) in [4.78, 5) is 0.449. The summed E-state index contributed by atoms with van der Waals surface area (Å²) in [6.07, 6.45) is 2.30. The van der Waals surface area contributed by atoms with Crippen LogP contribution in [0, 0.1) is 5.92 Å². The number of hydrogen-bond donors (Lipinski definition) is 1. The molecule has 1 fully saturated rings. The molecule has 0 saturated heterocycles. The first-order chi connectivity index (χ1) is 9.44. The summed E-state index contributed by atoms with van der Waals surface area (Å²) in [7, 11) is -3.19. The maximum Gasteiger partial charge on any atom is 0.179 e. The SMILES string of the molecule is CCNC(CS(=O)(=O)c1ccc(C(C)C)cc1)C1CC1. The lowest BCUT2D eigenvalue weighted by Gasteiger charge is -2.17. The standard InChI is InChI=1S/C16H25NO2S/c1-4-17-16(14-5-6-14)11-20(18,19)15-9-7-13(8-10-15)12(2)3/h7-10,12,14,16-17H,4-6,11H2,1-3H3. The predicted molar refractivity (Wildman–Crippen MR) is 82.8 cm³/mol. The first-order valence-electron chi connectivity index (χ1n) is 7.50. The Bertz CT molecular complexity index is 530. The van der Waals surface area contributed by atoms with E-state index in [0.29, 0.717) is 16.7 Å². The lowest BCUT2D eigenvalue weighted by molar-refractivity contribution is 0.502. The van der Waals surface area contributed by atoms with E-state index in [2.05, 4.69) is 19.2 Å². The van der Waals surface area contributed by atoms with Crippen molar-refractivity contribution < 1.29 is 8.42 Å². The molecule has 0 aromatic heterocycles. The third-order valence-corrected chi connectivity index (χ3v) is 5.75. The van der Waals surface area contributed by atoms with Crippen molar-refractivity contribution >= 4 is 9.84 Å². The molecule has 0 bridgehead atoms. The van der Waals surface area contributed by atoms with Crippen LogP contribution in [0.1, 0.15) is 45.1 Å². The highest BCUT2D eigenvalue weighted by atomic mass is 32.2. The molecular weight excluding hydrogens is 270 g/mol. The largest absolute Gasteiger partial charge is 0.313 e. The molecule has 2 rings (SSSR count). The van der Waals surface area contributed by atoms with Crippen LogP contribution in [0.25, 0.3) is 0 Å². The summed E-state index contributed by atoms with van der Waals surface area (Å²) in [5.74, 6) is 1.18. The first kappa shape index (κ1) is 15.5. The Morgan fingerprint density at radius 1 is 1.20 bits per heavy atom. The summed E-state index contributed by atoms with van der Waals surface area (Å²) in [5, 5.41) is 3.32. The molecule has 20 heavy (non-hydrogen) atoms. The topological polar surface area (TPSA) is 46.2 Å². The zero-order valence-electron chi connectivity index (χ0n) is 12.6. The van der Waals surface area contributed by atoms with E-state index >= 15 is 0 Å². The minimum atomic E-state index is -3.19. The van der Waals surface area contributed by atoms with Crippen molar-refractivity contribution in [1.82, 2.24) is 5.32 Å². The molecule has 0 spiro atoms. The Balaban J connectivity index is 2.12. The van der Waals surface area contributed by atoms with E-state index in [1.165, 1.54) is 5.56 Å². The van der Waals surface area contributed by atoms with Crippen LogP contribution < -0.4 is 5.32 Å². The van der Waals surface area contributed by atoms with Crippen LogP contribution in [0.3, 0.4) is 0 Å². The van der Waals surface area contributed by atoms with Crippen LogP contribution in [-0.4, -0.2) is 26.8 Å². The fourth-order valence-electron chi connectivity index (χ4n) is 2.52. The smallest absolute Gasteiger partial charge is 0.179 e. The highest BCUT2D eigenvalue weighted by Gasteiger charge is 2.34. The third kappa shape index (κ3) is 3.83. The highest BCUT2D eigenvalue weighted by molar-refractivity contribution is 7.91. The van der Waals surface area contributed by atoms with E-state index in [9.17, 15) is 8.42 Å². The Labute approximate surface area is 122 Å². The third-order valence-electron chi connectivity index (χ3n) is 3.96. The number of benzene rings is 1. The van der Waals surface area contributed by atoms with Crippen molar-refractivity contribution in [3.05, 3.63) is 29.8 Å². The van der Waals surface area contributed by atoms with Gasteiger partial charge >= 0.3 is 0 Å². The molecule has 1 N–H and O–H groups in total. The molecule has 0 amide bonds. The predicted octanol–water partition coefficient (Wildman–Crippen LogP) is 2.97. The van der Waals surface area contributed by atoms with E-state index in [-0.39, 0.29) is 11.8 Å². The summed E-state index contributed by atoms with van der Waals surface area (Å²) in [6.45, 7) is 7.07. The monoisotopic (exact) mass is 295 g/mol. The molecule has 0 radical (unpaired) electrons. The lowest BCUT2D eigenvalue weighted by atomic mass is 10.0. The second-order valence-corrected chi connectivity index (χ2v) is 8.04. The number of hydrogen-bond acceptors (Lipinski definition) is 3. The maximum atomic E-state index is 12.5. The van der Waals surface area contributed by atoms with Gasteiger partial charge < -0.3 is 5.32 Å². The minimum Gasteiger partial charge on any atom is -0.313 e. The van der Waals surface area contributed by atoms with Gasteiger partial charge in [-0.25, -0.2) is 8.42 Å². The van der Waals surface area contributed by atoms with Gasteiger partial charge in [0.25, 0.3) is 0 Å². The van der Waals surface area contributed by atoms with Gasteiger partial charge in [0, 0.05) is 6.04 Å². The van der Waals surface area contributed by atoms with Gasteiger partial charge in [-0.2, -0.15) is 0 Å².